The number of esters is 1. The molecule has 0 bridgehead atoms. The van der Waals surface area contributed by atoms with Gasteiger partial charge in [0.2, 0.25) is 0 Å². The number of carbonyl (C=O) groups is 1. The molecule has 0 N–H and O–H groups in total. The Bertz CT molecular complexity index is 258. The molecule has 0 aromatic rings. The summed E-state index contributed by atoms with van der Waals surface area (Å²) in [5.41, 5.74) is 0.409. The number of hydrogen-bond acceptors (Lipinski definition) is 4. The molecule has 1 saturated heterocycles. The Balaban J connectivity index is 2.31. The van der Waals surface area contributed by atoms with Gasteiger partial charge in [-0.25, -0.2) is 4.79 Å². The summed E-state index contributed by atoms with van der Waals surface area (Å²) in [6, 6.07) is 0. The predicted molar refractivity (Wildman–Crippen MR) is 60.1 cm³/mol. The monoisotopic (exact) mass is 228 g/mol. The first-order chi connectivity index (χ1) is 7.54. The lowest BCUT2D eigenvalue weighted by Gasteiger charge is -2.23. The Kier molecular flexibility index (Phi) is 4.96. The van der Waals surface area contributed by atoms with E-state index in [-0.39, 0.29) is 24.3 Å². The van der Waals surface area contributed by atoms with E-state index in [9.17, 15) is 4.79 Å². The topological polar surface area (TPSA) is 48.1 Å². The molecule has 0 spiro atoms. The Hall–Kier alpha value is -0.870. The van der Waals surface area contributed by atoms with Crippen LogP contribution in [0.5, 0.6) is 0 Å². The molecule has 0 aliphatic carbocycles. The molecule has 4 nitrogen and oxygen atoms in total. The van der Waals surface area contributed by atoms with E-state index in [1.807, 2.05) is 13.8 Å². The van der Waals surface area contributed by atoms with Gasteiger partial charge in [0.15, 0.2) is 0 Å². The molecule has 3 atom stereocenters. The van der Waals surface area contributed by atoms with Crippen LogP contribution in [-0.4, -0.2) is 37.5 Å². The molecule has 1 aliphatic heterocycles. The molecule has 16 heavy (non-hydrogen) atoms. The largest absolute Gasteiger partial charge is 0.457 e. The highest BCUT2D eigenvalue weighted by Gasteiger charge is 2.27. The Labute approximate surface area is 96.6 Å². The first-order valence-electron chi connectivity index (χ1n) is 5.64. The number of epoxide rings is 1. The second kappa shape index (κ2) is 6.01. The number of rotatable bonds is 7. The third-order valence-electron chi connectivity index (χ3n) is 2.47. The lowest BCUT2D eigenvalue weighted by atomic mass is 10.2. The standard InChI is InChI=1S/C12H20O4/c1-5-11(15-7-10-6-14-10)9(4)16-12(13)8(2)3/h9-11H,2,5-7H2,1,3-4H3. The maximum Gasteiger partial charge on any atom is 0.333 e. The number of ether oxygens (including phenoxy) is 3. The first-order valence-corrected chi connectivity index (χ1v) is 5.64. The van der Waals surface area contributed by atoms with Crippen molar-refractivity contribution in [2.45, 2.75) is 45.5 Å². The summed E-state index contributed by atoms with van der Waals surface area (Å²) in [4.78, 5) is 11.3. The summed E-state index contributed by atoms with van der Waals surface area (Å²) in [5, 5.41) is 0. The van der Waals surface area contributed by atoms with Crippen molar-refractivity contribution < 1.29 is 19.0 Å². The van der Waals surface area contributed by atoms with Gasteiger partial charge in [0.05, 0.1) is 19.3 Å². The van der Waals surface area contributed by atoms with E-state index in [4.69, 9.17) is 14.2 Å². The third-order valence-corrected chi connectivity index (χ3v) is 2.47. The lowest BCUT2D eigenvalue weighted by molar-refractivity contribution is -0.151. The third kappa shape index (κ3) is 4.33. The molecule has 0 aromatic heterocycles. The molecule has 0 saturated carbocycles. The van der Waals surface area contributed by atoms with Crippen molar-refractivity contribution in [1.82, 2.24) is 0 Å². The van der Waals surface area contributed by atoms with Crippen LogP contribution in [0.1, 0.15) is 27.2 Å². The van der Waals surface area contributed by atoms with E-state index in [1.165, 1.54) is 0 Å². The molecular formula is C12H20O4. The van der Waals surface area contributed by atoms with Crippen molar-refractivity contribution in [2.75, 3.05) is 13.2 Å². The van der Waals surface area contributed by atoms with Gasteiger partial charge in [-0.2, -0.15) is 0 Å². The molecular weight excluding hydrogens is 208 g/mol. The van der Waals surface area contributed by atoms with Crippen molar-refractivity contribution in [1.29, 1.82) is 0 Å². The van der Waals surface area contributed by atoms with E-state index in [2.05, 4.69) is 6.58 Å². The van der Waals surface area contributed by atoms with Gasteiger partial charge in [-0.3, -0.25) is 0 Å². The van der Waals surface area contributed by atoms with Gasteiger partial charge < -0.3 is 14.2 Å². The van der Waals surface area contributed by atoms with E-state index >= 15 is 0 Å². The fourth-order valence-electron chi connectivity index (χ4n) is 1.33. The van der Waals surface area contributed by atoms with Gasteiger partial charge in [-0.05, 0) is 20.3 Å². The molecule has 92 valence electrons. The Morgan fingerprint density at radius 2 is 2.25 bits per heavy atom. The van der Waals surface area contributed by atoms with Crippen molar-refractivity contribution in [3.63, 3.8) is 0 Å². The molecule has 1 aliphatic rings. The van der Waals surface area contributed by atoms with Gasteiger partial charge in [0.1, 0.15) is 12.2 Å². The first kappa shape index (κ1) is 13.2. The smallest absolute Gasteiger partial charge is 0.333 e. The zero-order valence-electron chi connectivity index (χ0n) is 10.2. The van der Waals surface area contributed by atoms with Crippen LogP contribution in [0.3, 0.4) is 0 Å². The molecule has 0 amide bonds. The van der Waals surface area contributed by atoms with Crippen molar-refractivity contribution in [2.24, 2.45) is 0 Å². The van der Waals surface area contributed by atoms with Gasteiger partial charge in [-0.1, -0.05) is 13.5 Å². The lowest BCUT2D eigenvalue weighted by Crippen LogP contribution is -2.32. The second-order valence-electron chi connectivity index (χ2n) is 4.13. The fourth-order valence-corrected chi connectivity index (χ4v) is 1.33. The number of carbonyl (C=O) groups excluding carboxylic acids is 1. The molecule has 0 aromatic carbocycles. The minimum Gasteiger partial charge on any atom is -0.457 e. The highest BCUT2D eigenvalue weighted by Crippen LogP contribution is 2.15. The second-order valence-corrected chi connectivity index (χ2v) is 4.13. The van der Waals surface area contributed by atoms with Crippen LogP contribution < -0.4 is 0 Å². The van der Waals surface area contributed by atoms with Gasteiger partial charge >= 0.3 is 5.97 Å². The normalized spacial score (nSPS) is 22.3. The molecule has 0 radical (unpaired) electrons. The maximum absolute atomic E-state index is 11.3. The van der Waals surface area contributed by atoms with Crippen LogP contribution in [0.25, 0.3) is 0 Å². The summed E-state index contributed by atoms with van der Waals surface area (Å²) in [6.45, 7) is 10.4. The average molecular weight is 228 g/mol. The van der Waals surface area contributed by atoms with Crippen molar-refractivity contribution >= 4 is 5.97 Å². The summed E-state index contributed by atoms with van der Waals surface area (Å²) >= 11 is 0. The van der Waals surface area contributed by atoms with Crippen LogP contribution >= 0.6 is 0 Å². The predicted octanol–water partition coefficient (Wildman–Crippen LogP) is 1.69. The molecule has 1 heterocycles. The quantitative estimate of drug-likeness (QED) is 0.378. The minimum absolute atomic E-state index is 0.0764. The van der Waals surface area contributed by atoms with E-state index < -0.39 is 0 Å². The van der Waals surface area contributed by atoms with Crippen molar-refractivity contribution in [3.8, 4) is 0 Å². The highest BCUT2D eigenvalue weighted by molar-refractivity contribution is 5.87. The van der Waals surface area contributed by atoms with E-state index in [1.54, 1.807) is 6.92 Å². The fraction of sp³-hybridized carbons (Fsp3) is 0.750. The van der Waals surface area contributed by atoms with Crippen LogP contribution in [0.15, 0.2) is 12.2 Å². The minimum atomic E-state index is -0.364. The summed E-state index contributed by atoms with van der Waals surface area (Å²) in [5.74, 6) is -0.364. The van der Waals surface area contributed by atoms with Gasteiger partial charge in [0.25, 0.3) is 0 Å². The van der Waals surface area contributed by atoms with E-state index in [0.29, 0.717) is 12.2 Å². The zero-order chi connectivity index (χ0) is 12.1. The molecule has 1 rings (SSSR count). The average Bonchev–Trinajstić information content (AvgIpc) is 3.02. The van der Waals surface area contributed by atoms with Gasteiger partial charge in [-0.15, -0.1) is 0 Å². The molecule has 1 fully saturated rings. The molecule has 4 heteroatoms. The van der Waals surface area contributed by atoms with Crippen LogP contribution in [-0.2, 0) is 19.0 Å². The number of hydrogen-bond donors (Lipinski definition) is 0. The highest BCUT2D eigenvalue weighted by atomic mass is 16.6. The van der Waals surface area contributed by atoms with Crippen LogP contribution in [0.4, 0.5) is 0 Å². The van der Waals surface area contributed by atoms with Crippen molar-refractivity contribution in [3.05, 3.63) is 12.2 Å². The zero-order valence-corrected chi connectivity index (χ0v) is 10.2. The summed E-state index contributed by atoms with van der Waals surface area (Å²) in [7, 11) is 0. The Morgan fingerprint density at radius 1 is 1.62 bits per heavy atom. The van der Waals surface area contributed by atoms with Crippen LogP contribution in [0.2, 0.25) is 0 Å². The van der Waals surface area contributed by atoms with E-state index in [0.717, 1.165) is 13.0 Å². The maximum atomic E-state index is 11.3. The summed E-state index contributed by atoms with van der Waals surface area (Å²) < 4.78 is 15.9. The van der Waals surface area contributed by atoms with Gasteiger partial charge in [0, 0.05) is 5.57 Å². The Morgan fingerprint density at radius 3 is 2.69 bits per heavy atom. The SMILES string of the molecule is C=C(C)C(=O)OC(C)C(CC)OCC1CO1. The van der Waals surface area contributed by atoms with Crippen LogP contribution in [0, 0.1) is 0 Å². The summed E-state index contributed by atoms with van der Waals surface area (Å²) in [6.07, 6.45) is 0.704. The molecule has 3 unspecified atom stereocenters.